The first-order chi connectivity index (χ1) is 18.5. The normalized spacial score (nSPS) is 14.0. The predicted molar refractivity (Wildman–Crippen MR) is 152 cm³/mol. The van der Waals surface area contributed by atoms with Gasteiger partial charge in [-0.3, -0.25) is 14.0 Å². The number of hydrogen-bond acceptors (Lipinski definition) is 12. The fourth-order valence-corrected chi connectivity index (χ4v) is 7.55. The van der Waals surface area contributed by atoms with Crippen molar-refractivity contribution in [3.05, 3.63) is 56.3 Å². The number of carbonyl (C=O) groups excluding carboxylic acids is 1. The molecule has 1 fully saturated rings. The number of thiophene rings is 1. The van der Waals surface area contributed by atoms with Gasteiger partial charge in [-0.2, -0.15) is 4.37 Å². The van der Waals surface area contributed by atoms with E-state index in [1.165, 1.54) is 22.9 Å². The lowest BCUT2D eigenvalue weighted by Gasteiger charge is -2.28. The van der Waals surface area contributed by atoms with E-state index in [0.717, 1.165) is 43.6 Å². The Morgan fingerprint density at radius 1 is 1.21 bits per heavy atom. The minimum atomic E-state index is -0.594. The van der Waals surface area contributed by atoms with Crippen molar-refractivity contribution in [2.75, 3.05) is 49.6 Å². The second-order valence-electron chi connectivity index (χ2n) is 8.67. The van der Waals surface area contributed by atoms with Crippen LogP contribution in [0.2, 0.25) is 0 Å². The number of nitrogens with two attached hydrogens (primary N) is 2. The van der Waals surface area contributed by atoms with Crippen molar-refractivity contribution in [2.45, 2.75) is 6.42 Å². The first-order valence-corrected chi connectivity index (χ1v) is 14.4. The molecule has 5 aromatic rings. The number of amides is 1. The summed E-state index contributed by atoms with van der Waals surface area (Å²) in [5.74, 6) is -0.0556. The third kappa shape index (κ3) is 4.54. The van der Waals surface area contributed by atoms with Crippen LogP contribution in [-0.2, 0) is 11.2 Å². The number of nitrogens with one attached hydrogen (secondary N) is 1. The Balaban J connectivity index is 1.36. The first-order valence-electron chi connectivity index (χ1n) is 12.0. The highest BCUT2D eigenvalue weighted by Crippen LogP contribution is 2.39. The van der Waals surface area contributed by atoms with E-state index in [0.29, 0.717) is 50.0 Å². The van der Waals surface area contributed by atoms with E-state index in [2.05, 4.69) is 15.2 Å². The van der Waals surface area contributed by atoms with Crippen LogP contribution >= 0.6 is 34.2 Å². The Kier molecular flexibility index (Phi) is 6.80. The minimum Gasteiger partial charge on any atom is -0.378 e. The third-order valence-corrected chi connectivity index (χ3v) is 9.35. The summed E-state index contributed by atoms with van der Waals surface area (Å²) in [6.45, 7) is 3.78. The zero-order chi connectivity index (χ0) is 26.2. The van der Waals surface area contributed by atoms with Gasteiger partial charge in [0, 0.05) is 66.9 Å². The minimum absolute atomic E-state index is 0.0211. The second-order valence-corrected chi connectivity index (χ2v) is 11.5. The lowest BCUT2D eigenvalue weighted by Crippen LogP contribution is -2.36. The molecule has 0 saturated carbocycles. The van der Waals surface area contributed by atoms with Gasteiger partial charge in [-0.05, 0) is 17.6 Å². The van der Waals surface area contributed by atoms with Crippen molar-refractivity contribution in [3.8, 4) is 11.3 Å². The number of rotatable bonds is 8. The molecular weight excluding hydrogens is 545 g/mol. The summed E-state index contributed by atoms with van der Waals surface area (Å²) in [5, 5.41) is 6.12. The average molecular weight is 569 g/mol. The maximum atomic E-state index is 12.9. The molecule has 11 nitrogen and oxygen atoms in total. The summed E-state index contributed by atoms with van der Waals surface area (Å²) in [6, 6.07) is 3.71. The lowest BCUT2D eigenvalue weighted by molar-refractivity contribution is 0.1000. The number of anilines is 2. The Hall–Kier alpha value is -3.43. The maximum absolute atomic E-state index is 12.9. The Morgan fingerprint density at radius 3 is 2.84 bits per heavy atom. The summed E-state index contributed by atoms with van der Waals surface area (Å²) in [4.78, 5) is 37.5. The SMILES string of the molecule is NCCNc1nc(Cc2cc(-c3csc4c(=O)cc(N5CCOCC5)sc34)ns2)c(C(N)=O)c2nccn12. The molecule has 38 heavy (non-hydrogen) atoms. The molecule has 5 N–H and O–H groups in total. The summed E-state index contributed by atoms with van der Waals surface area (Å²) >= 11 is 4.38. The Labute approximate surface area is 228 Å². The largest absolute Gasteiger partial charge is 0.378 e. The van der Waals surface area contributed by atoms with Crippen molar-refractivity contribution in [1.82, 2.24) is 18.7 Å². The number of nitrogens with zero attached hydrogens (tertiary/aromatic N) is 5. The van der Waals surface area contributed by atoms with Crippen LogP contribution in [0.3, 0.4) is 0 Å². The second kappa shape index (κ2) is 10.4. The maximum Gasteiger partial charge on any atom is 0.254 e. The molecule has 1 amide bonds. The van der Waals surface area contributed by atoms with Crippen molar-refractivity contribution in [1.29, 1.82) is 0 Å². The van der Waals surface area contributed by atoms with Gasteiger partial charge in [-0.15, -0.1) is 22.7 Å². The standard InChI is InChI=1S/C24H24N8O3S3/c25-1-2-28-24-29-16(19(22(26)34)23-27-3-4-32(23)24)10-13-9-15(30-38-13)14-12-36-21-17(33)11-18(37-20(14)21)31-5-7-35-8-6-31/h3-4,9,11-12H,1-2,5-8,10,25H2,(H2,26,34)(H,28,29). The number of fused-ring (bicyclic) bond motifs is 2. The van der Waals surface area contributed by atoms with Gasteiger partial charge >= 0.3 is 0 Å². The fourth-order valence-electron chi connectivity index (χ4n) is 4.45. The van der Waals surface area contributed by atoms with E-state index in [4.69, 9.17) is 25.6 Å². The zero-order valence-electron chi connectivity index (χ0n) is 20.2. The molecule has 0 bridgehead atoms. The predicted octanol–water partition coefficient (Wildman–Crippen LogP) is 2.39. The van der Waals surface area contributed by atoms with Gasteiger partial charge < -0.3 is 26.4 Å². The van der Waals surface area contributed by atoms with Gasteiger partial charge in [-0.25, -0.2) is 9.97 Å². The molecule has 0 spiro atoms. The van der Waals surface area contributed by atoms with Gasteiger partial charge in [0.15, 0.2) is 11.1 Å². The van der Waals surface area contributed by atoms with E-state index < -0.39 is 5.91 Å². The highest BCUT2D eigenvalue weighted by molar-refractivity contribution is 7.28. The molecule has 0 aromatic carbocycles. The van der Waals surface area contributed by atoms with Crippen LogP contribution < -0.4 is 27.1 Å². The molecule has 0 radical (unpaired) electrons. The van der Waals surface area contributed by atoms with E-state index >= 15 is 0 Å². The van der Waals surface area contributed by atoms with E-state index in [9.17, 15) is 9.59 Å². The molecule has 5 aromatic heterocycles. The quantitative estimate of drug-likeness (QED) is 0.256. The van der Waals surface area contributed by atoms with E-state index in [1.54, 1.807) is 34.2 Å². The molecular formula is C24H24N8O3S3. The summed E-state index contributed by atoms with van der Waals surface area (Å²) in [5.41, 5.74) is 14.4. The van der Waals surface area contributed by atoms with Crippen molar-refractivity contribution in [3.63, 3.8) is 0 Å². The van der Waals surface area contributed by atoms with Crippen LogP contribution in [0.15, 0.2) is 34.7 Å². The summed E-state index contributed by atoms with van der Waals surface area (Å²) < 4.78 is 13.5. The Morgan fingerprint density at radius 2 is 2.05 bits per heavy atom. The molecule has 1 aliphatic rings. The third-order valence-electron chi connectivity index (χ3n) is 6.23. The first kappa shape index (κ1) is 24.9. The lowest BCUT2D eigenvalue weighted by atomic mass is 10.1. The fraction of sp³-hybridized carbons (Fsp3) is 0.292. The van der Waals surface area contributed by atoms with Gasteiger partial charge in [0.2, 0.25) is 5.95 Å². The van der Waals surface area contributed by atoms with Gasteiger partial charge in [0.25, 0.3) is 5.91 Å². The number of primary amides is 1. The zero-order valence-corrected chi connectivity index (χ0v) is 22.6. The molecule has 0 aliphatic carbocycles. The van der Waals surface area contributed by atoms with Crippen molar-refractivity contribution >= 4 is 66.1 Å². The molecule has 6 rings (SSSR count). The Bertz CT molecular complexity index is 1700. The highest BCUT2D eigenvalue weighted by atomic mass is 32.1. The van der Waals surface area contributed by atoms with Crippen molar-refractivity contribution < 1.29 is 9.53 Å². The summed E-state index contributed by atoms with van der Waals surface area (Å²) in [7, 11) is 0. The van der Waals surface area contributed by atoms with Crippen molar-refractivity contribution in [2.24, 2.45) is 11.5 Å². The number of morpholine rings is 1. The molecule has 196 valence electrons. The summed E-state index contributed by atoms with van der Waals surface area (Å²) in [6.07, 6.45) is 3.68. The molecule has 1 saturated heterocycles. The van der Waals surface area contributed by atoms with Crippen LogP contribution in [0.25, 0.3) is 26.3 Å². The number of ether oxygens (including phenoxy) is 1. The number of carbonyl (C=O) groups is 1. The molecule has 6 heterocycles. The number of imidazole rings is 1. The topological polar surface area (TPSA) is 154 Å². The molecule has 14 heteroatoms. The number of aromatic nitrogens is 4. The average Bonchev–Trinajstić information content (AvgIpc) is 3.67. The molecule has 0 atom stereocenters. The molecule has 0 unspecified atom stereocenters. The molecule has 1 aliphatic heterocycles. The van der Waals surface area contributed by atoms with Crippen LogP contribution in [0, 0.1) is 0 Å². The smallest absolute Gasteiger partial charge is 0.254 e. The van der Waals surface area contributed by atoms with E-state index in [-0.39, 0.29) is 11.0 Å². The highest BCUT2D eigenvalue weighted by Gasteiger charge is 2.22. The van der Waals surface area contributed by atoms with Crippen LogP contribution in [0.5, 0.6) is 0 Å². The van der Waals surface area contributed by atoms with Gasteiger partial charge in [0.1, 0.15) is 5.56 Å². The van der Waals surface area contributed by atoms with Gasteiger partial charge in [0.05, 0.1) is 39.0 Å². The van der Waals surface area contributed by atoms with Crippen LogP contribution in [0.4, 0.5) is 10.9 Å². The van der Waals surface area contributed by atoms with E-state index in [1.807, 2.05) is 11.4 Å². The van der Waals surface area contributed by atoms with Crippen LogP contribution in [0.1, 0.15) is 20.9 Å². The number of hydrogen-bond donors (Lipinski definition) is 3. The van der Waals surface area contributed by atoms with Gasteiger partial charge in [-0.1, -0.05) is 0 Å². The monoisotopic (exact) mass is 568 g/mol. The van der Waals surface area contributed by atoms with Crippen LogP contribution in [-0.4, -0.2) is 64.0 Å².